The summed E-state index contributed by atoms with van der Waals surface area (Å²) in [7, 11) is 0. The molecule has 3 heterocycles. The summed E-state index contributed by atoms with van der Waals surface area (Å²) >= 11 is 1.57. The van der Waals surface area contributed by atoms with Crippen molar-refractivity contribution in [3.63, 3.8) is 0 Å². The van der Waals surface area contributed by atoms with Crippen molar-refractivity contribution < 1.29 is 4.39 Å². The number of halogens is 1. The van der Waals surface area contributed by atoms with Crippen molar-refractivity contribution in [1.29, 1.82) is 0 Å². The van der Waals surface area contributed by atoms with Crippen LogP contribution in [0.3, 0.4) is 0 Å². The molecule has 4 nitrogen and oxygen atoms in total. The Morgan fingerprint density at radius 2 is 2.24 bits per heavy atom. The molecule has 0 atom stereocenters. The van der Waals surface area contributed by atoms with Gasteiger partial charge in [0.25, 0.3) is 5.56 Å². The number of aryl methyl sites for hydroxylation is 1. The van der Waals surface area contributed by atoms with E-state index < -0.39 is 0 Å². The molecule has 6 heteroatoms. The standard InChI is InChI=1S/C19H18FN3OS/c1-12-9-14(20)5-4-13(12)10-23-7-6-16-15(11-23)19(24)22-18(21-16)17-3-2-8-25-17/h2-5,8-9H,6-7,10-11H2,1H3,(H,21,22,24). The Balaban J connectivity index is 1.58. The molecule has 0 saturated heterocycles. The van der Waals surface area contributed by atoms with E-state index in [2.05, 4.69) is 14.9 Å². The minimum atomic E-state index is -0.216. The van der Waals surface area contributed by atoms with Gasteiger partial charge in [-0.3, -0.25) is 9.69 Å². The van der Waals surface area contributed by atoms with Crippen molar-refractivity contribution in [2.75, 3.05) is 6.54 Å². The van der Waals surface area contributed by atoms with E-state index in [1.165, 1.54) is 6.07 Å². The third kappa shape index (κ3) is 3.27. The Morgan fingerprint density at radius 3 is 3.00 bits per heavy atom. The van der Waals surface area contributed by atoms with Crippen LogP contribution in [0.2, 0.25) is 0 Å². The zero-order chi connectivity index (χ0) is 17.4. The molecule has 128 valence electrons. The van der Waals surface area contributed by atoms with Gasteiger partial charge in [0, 0.05) is 26.1 Å². The molecule has 25 heavy (non-hydrogen) atoms. The van der Waals surface area contributed by atoms with Crippen LogP contribution in [0.25, 0.3) is 10.7 Å². The van der Waals surface area contributed by atoms with Crippen LogP contribution in [0.15, 0.2) is 40.5 Å². The van der Waals surface area contributed by atoms with Gasteiger partial charge in [0.05, 0.1) is 16.1 Å². The maximum atomic E-state index is 13.3. The molecule has 1 aromatic carbocycles. The van der Waals surface area contributed by atoms with Gasteiger partial charge in [-0.25, -0.2) is 9.37 Å². The maximum Gasteiger partial charge on any atom is 0.255 e. The first-order chi connectivity index (χ1) is 12.1. The number of aromatic amines is 1. The average molecular weight is 355 g/mol. The smallest absolute Gasteiger partial charge is 0.255 e. The van der Waals surface area contributed by atoms with E-state index in [9.17, 15) is 9.18 Å². The van der Waals surface area contributed by atoms with Gasteiger partial charge in [-0.05, 0) is 41.6 Å². The maximum absolute atomic E-state index is 13.3. The minimum Gasteiger partial charge on any atom is -0.306 e. The van der Waals surface area contributed by atoms with Crippen molar-refractivity contribution in [1.82, 2.24) is 14.9 Å². The number of thiophene rings is 1. The molecule has 0 unspecified atom stereocenters. The van der Waals surface area contributed by atoms with Crippen molar-refractivity contribution in [2.24, 2.45) is 0 Å². The fourth-order valence-electron chi connectivity index (χ4n) is 3.22. The number of nitrogens with zero attached hydrogens (tertiary/aromatic N) is 2. The van der Waals surface area contributed by atoms with Gasteiger partial charge in [0.2, 0.25) is 0 Å². The lowest BCUT2D eigenvalue weighted by molar-refractivity contribution is 0.241. The van der Waals surface area contributed by atoms with Gasteiger partial charge in [0.15, 0.2) is 5.82 Å². The highest BCUT2D eigenvalue weighted by Gasteiger charge is 2.22. The van der Waals surface area contributed by atoms with Gasteiger partial charge < -0.3 is 4.98 Å². The average Bonchev–Trinajstić information content (AvgIpc) is 3.12. The molecule has 0 amide bonds. The van der Waals surface area contributed by atoms with E-state index in [0.29, 0.717) is 18.9 Å². The zero-order valence-corrected chi connectivity index (χ0v) is 14.7. The van der Waals surface area contributed by atoms with E-state index in [1.807, 2.05) is 30.5 Å². The number of rotatable bonds is 3. The minimum absolute atomic E-state index is 0.0612. The number of aromatic nitrogens is 2. The molecule has 1 aliphatic rings. The van der Waals surface area contributed by atoms with Crippen LogP contribution >= 0.6 is 11.3 Å². The Labute approximate surface area is 149 Å². The number of nitrogens with one attached hydrogen (secondary N) is 1. The summed E-state index contributed by atoms with van der Waals surface area (Å²) in [5, 5.41) is 1.97. The third-order valence-electron chi connectivity index (χ3n) is 4.60. The lowest BCUT2D eigenvalue weighted by atomic mass is 10.0. The first kappa shape index (κ1) is 16.2. The summed E-state index contributed by atoms with van der Waals surface area (Å²) in [6.45, 7) is 4.03. The van der Waals surface area contributed by atoms with E-state index in [-0.39, 0.29) is 11.4 Å². The third-order valence-corrected chi connectivity index (χ3v) is 5.48. The molecule has 1 aliphatic heterocycles. The van der Waals surface area contributed by atoms with Crippen molar-refractivity contribution >= 4 is 11.3 Å². The molecule has 0 radical (unpaired) electrons. The van der Waals surface area contributed by atoms with Crippen LogP contribution in [0.5, 0.6) is 0 Å². The second-order valence-electron chi connectivity index (χ2n) is 6.35. The molecule has 0 spiro atoms. The number of hydrogen-bond acceptors (Lipinski definition) is 4. The lowest BCUT2D eigenvalue weighted by Gasteiger charge is -2.28. The fourth-order valence-corrected chi connectivity index (χ4v) is 3.89. The summed E-state index contributed by atoms with van der Waals surface area (Å²) < 4.78 is 13.3. The SMILES string of the molecule is Cc1cc(F)ccc1CN1CCc2nc(-c3cccs3)[nH]c(=O)c2C1. The van der Waals surface area contributed by atoms with E-state index >= 15 is 0 Å². The molecule has 2 aromatic heterocycles. The molecule has 0 fully saturated rings. The zero-order valence-electron chi connectivity index (χ0n) is 13.9. The summed E-state index contributed by atoms with van der Waals surface area (Å²) in [6, 6.07) is 8.77. The molecule has 3 aromatic rings. The van der Waals surface area contributed by atoms with Crippen molar-refractivity contribution in [3.05, 3.63) is 74.3 Å². The summed E-state index contributed by atoms with van der Waals surface area (Å²) in [4.78, 5) is 23.3. The second kappa shape index (κ2) is 6.54. The fraction of sp³-hybridized carbons (Fsp3) is 0.263. The molecule has 0 bridgehead atoms. The highest BCUT2D eigenvalue weighted by molar-refractivity contribution is 7.13. The predicted molar refractivity (Wildman–Crippen MR) is 97.1 cm³/mol. The Hall–Kier alpha value is -2.31. The van der Waals surface area contributed by atoms with Crippen LogP contribution < -0.4 is 5.56 Å². The van der Waals surface area contributed by atoms with E-state index in [1.54, 1.807) is 17.4 Å². The summed E-state index contributed by atoms with van der Waals surface area (Å²) in [6.07, 6.45) is 0.748. The van der Waals surface area contributed by atoms with Crippen LogP contribution in [0.4, 0.5) is 4.39 Å². The van der Waals surface area contributed by atoms with Crippen LogP contribution in [-0.4, -0.2) is 21.4 Å². The summed E-state index contributed by atoms with van der Waals surface area (Å²) in [5.41, 5.74) is 3.59. The lowest BCUT2D eigenvalue weighted by Crippen LogP contribution is -2.35. The highest BCUT2D eigenvalue weighted by Crippen LogP contribution is 2.23. The van der Waals surface area contributed by atoms with E-state index in [4.69, 9.17) is 0 Å². The monoisotopic (exact) mass is 355 g/mol. The molecule has 4 rings (SSSR count). The van der Waals surface area contributed by atoms with Gasteiger partial charge >= 0.3 is 0 Å². The molecule has 0 saturated carbocycles. The van der Waals surface area contributed by atoms with Gasteiger partial charge in [-0.2, -0.15) is 0 Å². The van der Waals surface area contributed by atoms with Gasteiger partial charge in [-0.1, -0.05) is 12.1 Å². The van der Waals surface area contributed by atoms with Crippen LogP contribution in [0, 0.1) is 12.7 Å². The molecular formula is C19H18FN3OS. The van der Waals surface area contributed by atoms with Gasteiger partial charge in [0.1, 0.15) is 5.82 Å². The summed E-state index contributed by atoms with van der Waals surface area (Å²) in [5.74, 6) is 0.438. The Kier molecular flexibility index (Phi) is 4.23. The Morgan fingerprint density at radius 1 is 1.36 bits per heavy atom. The van der Waals surface area contributed by atoms with Crippen LogP contribution in [-0.2, 0) is 19.5 Å². The highest BCUT2D eigenvalue weighted by atomic mass is 32.1. The predicted octanol–water partition coefficient (Wildman–Crippen LogP) is 3.50. The molecule has 0 aliphatic carbocycles. The Bertz CT molecular complexity index is 965. The second-order valence-corrected chi connectivity index (χ2v) is 7.30. The normalized spacial score (nSPS) is 14.5. The number of hydrogen-bond donors (Lipinski definition) is 1. The quantitative estimate of drug-likeness (QED) is 0.782. The van der Waals surface area contributed by atoms with Gasteiger partial charge in [-0.15, -0.1) is 11.3 Å². The van der Waals surface area contributed by atoms with E-state index in [0.717, 1.165) is 40.2 Å². The molecular weight excluding hydrogens is 337 g/mol. The topological polar surface area (TPSA) is 49.0 Å². The number of benzene rings is 1. The number of H-pyrrole nitrogens is 1. The van der Waals surface area contributed by atoms with Crippen molar-refractivity contribution in [3.8, 4) is 10.7 Å². The largest absolute Gasteiger partial charge is 0.306 e. The first-order valence-corrected chi connectivity index (χ1v) is 9.11. The molecule has 1 N–H and O–H groups in total. The number of fused-ring (bicyclic) bond motifs is 1. The van der Waals surface area contributed by atoms with Crippen LogP contribution in [0.1, 0.15) is 22.4 Å². The van der Waals surface area contributed by atoms with Crippen molar-refractivity contribution in [2.45, 2.75) is 26.4 Å². The first-order valence-electron chi connectivity index (χ1n) is 8.23.